The zero-order valence-corrected chi connectivity index (χ0v) is 17.3. The highest BCUT2D eigenvalue weighted by atomic mass is 32.2. The van der Waals surface area contributed by atoms with Gasteiger partial charge in [-0.15, -0.1) is 22.7 Å². The van der Waals surface area contributed by atoms with Crippen molar-refractivity contribution < 1.29 is 13.2 Å². The van der Waals surface area contributed by atoms with Crippen LogP contribution in [0, 0.1) is 0 Å². The minimum absolute atomic E-state index is 0.0800. The average Bonchev–Trinajstić information content (AvgIpc) is 3.39. The molecule has 1 saturated heterocycles. The smallest absolute Gasteiger partial charge is 0.265 e. The average molecular weight is 414 g/mol. The normalized spacial score (nSPS) is 18.0. The Balaban J connectivity index is 1.72. The molecule has 1 aliphatic heterocycles. The SMILES string of the molecule is CCN(C)C1CCN(C(=O)c2sccc2S(=O)(=O)NCc2cccs2)C1. The standard InChI is InChI=1S/C17H23N3O3S3/c1-3-19(2)13-6-8-20(12-13)17(21)16-15(7-10-25-16)26(22,23)18-11-14-5-4-9-24-14/h4-5,7,9-10,13,18H,3,6,8,11-12H2,1-2H3. The van der Waals surface area contributed by atoms with Gasteiger partial charge in [0, 0.05) is 30.6 Å². The number of sulfonamides is 1. The Morgan fingerprint density at radius 3 is 2.85 bits per heavy atom. The molecule has 1 unspecified atom stereocenters. The van der Waals surface area contributed by atoms with E-state index in [4.69, 9.17) is 0 Å². The van der Waals surface area contributed by atoms with Crippen molar-refractivity contribution >= 4 is 38.6 Å². The first-order valence-electron chi connectivity index (χ1n) is 8.51. The monoisotopic (exact) mass is 413 g/mol. The third-order valence-corrected chi connectivity index (χ3v) is 8.05. The second-order valence-corrected chi connectivity index (χ2v) is 9.97. The van der Waals surface area contributed by atoms with Crippen LogP contribution in [0.3, 0.4) is 0 Å². The van der Waals surface area contributed by atoms with Crippen molar-refractivity contribution in [1.82, 2.24) is 14.5 Å². The van der Waals surface area contributed by atoms with Crippen LogP contribution >= 0.6 is 22.7 Å². The van der Waals surface area contributed by atoms with Crippen LogP contribution in [-0.4, -0.2) is 56.8 Å². The third kappa shape index (κ3) is 4.17. The van der Waals surface area contributed by atoms with Crippen molar-refractivity contribution in [3.63, 3.8) is 0 Å². The number of nitrogens with one attached hydrogen (secondary N) is 1. The highest BCUT2D eigenvalue weighted by molar-refractivity contribution is 7.89. The summed E-state index contributed by atoms with van der Waals surface area (Å²) >= 11 is 2.68. The van der Waals surface area contributed by atoms with Gasteiger partial charge in [-0.2, -0.15) is 0 Å². The number of hydrogen-bond acceptors (Lipinski definition) is 6. The van der Waals surface area contributed by atoms with Gasteiger partial charge in [-0.25, -0.2) is 13.1 Å². The molecule has 2 aromatic heterocycles. The molecule has 1 N–H and O–H groups in total. The van der Waals surface area contributed by atoms with E-state index in [9.17, 15) is 13.2 Å². The summed E-state index contributed by atoms with van der Waals surface area (Å²) in [5, 5.41) is 3.57. The molecule has 2 aromatic rings. The predicted molar refractivity (Wildman–Crippen MR) is 105 cm³/mol. The zero-order chi connectivity index (χ0) is 18.7. The van der Waals surface area contributed by atoms with Gasteiger partial charge in [-0.1, -0.05) is 13.0 Å². The zero-order valence-electron chi connectivity index (χ0n) is 14.8. The predicted octanol–water partition coefficient (Wildman–Crippen LogP) is 2.45. The van der Waals surface area contributed by atoms with Gasteiger partial charge in [0.2, 0.25) is 10.0 Å². The Bertz CT molecular complexity index is 846. The lowest BCUT2D eigenvalue weighted by Crippen LogP contribution is -2.36. The van der Waals surface area contributed by atoms with Gasteiger partial charge in [-0.05, 0) is 42.9 Å². The molecule has 0 bridgehead atoms. The Kier molecular flexibility index (Phi) is 6.13. The van der Waals surface area contributed by atoms with E-state index in [0.29, 0.717) is 24.0 Å². The van der Waals surface area contributed by atoms with Gasteiger partial charge in [0.05, 0.1) is 0 Å². The Morgan fingerprint density at radius 2 is 2.15 bits per heavy atom. The maximum absolute atomic E-state index is 12.9. The van der Waals surface area contributed by atoms with Crippen molar-refractivity contribution in [2.75, 3.05) is 26.7 Å². The van der Waals surface area contributed by atoms with E-state index in [1.54, 1.807) is 10.3 Å². The summed E-state index contributed by atoms with van der Waals surface area (Å²) in [6.45, 7) is 4.55. The molecule has 9 heteroatoms. The molecular weight excluding hydrogens is 390 g/mol. The molecule has 0 aliphatic carbocycles. The van der Waals surface area contributed by atoms with E-state index >= 15 is 0 Å². The number of nitrogens with zero attached hydrogens (tertiary/aromatic N) is 2. The van der Waals surface area contributed by atoms with Crippen molar-refractivity contribution in [2.24, 2.45) is 0 Å². The van der Waals surface area contributed by atoms with Crippen LogP contribution in [0.25, 0.3) is 0 Å². The maximum Gasteiger partial charge on any atom is 0.265 e. The van der Waals surface area contributed by atoms with Crippen LogP contribution < -0.4 is 4.72 Å². The lowest BCUT2D eigenvalue weighted by atomic mass is 10.2. The number of carbonyl (C=O) groups excluding carboxylic acids is 1. The first kappa shape index (κ1) is 19.5. The largest absolute Gasteiger partial charge is 0.336 e. The molecule has 1 atom stereocenters. The van der Waals surface area contributed by atoms with Crippen LogP contribution in [0.2, 0.25) is 0 Å². The molecule has 3 rings (SSSR count). The van der Waals surface area contributed by atoms with Crippen LogP contribution in [0.5, 0.6) is 0 Å². The molecule has 0 saturated carbocycles. The van der Waals surface area contributed by atoms with Gasteiger partial charge < -0.3 is 9.80 Å². The van der Waals surface area contributed by atoms with Crippen LogP contribution in [-0.2, 0) is 16.6 Å². The lowest BCUT2D eigenvalue weighted by molar-refractivity contribution is 0.0782. The number of likely N-dealkylation sites (tertiary alicyclic amines) is 1. The van der Waals surface area contributed by atoms with Gasteiger partial charge >= 0.3 is 0 Å². The maximum atomic E-state index is 12.9. The molecule has 0 aromatic carbocycles. The summed E-state index contributed by atoms with van der Waals surface area (Å²) < 4.78 is 27.9. The molecule has 1 aliphatic rings. The van der Waals surface area contributed by atoms with Crippen LogP contribution in [0.15, 0.2) is 33.9 Å². The summed E-state index contributed by atoms with van der Waals surface area (Å²) in [5.41, 5.74) is 0. The summed E-state index contributed by atoms with van der Waals surface area (Å²) in [4.78, 5) is 18.2. The van der Waals surface area contributed by atoms with Crippen LogP contribution in [0.4, 0.5) is 0 Å². The van der Waals surface area contributed by atoms with Gasteiger partial charge in [-0.3, -0.25) is 4.79 Å². The Hall–Kier alpha value is -1.26. The van der Waals surface area contributed by atoms with E-state index in [1.807, 2.05) is 24.6 Å². The van der Waals surface area contributed by atoms with Gasteiger partial charge in [0.15, 0.2) is 0 Å². The highest BCUT2D eigenvalue weighted by Crippen LogP contribution is 2.26. The van der Waals surface area contributed by atoms with E-state index in [2.05, 4.69) is 16.5 Å². The first-order chi connectivity index (χ1) is 12.4. The fourth-order valence-corrected chi connectivity index (χ4v) is 6.14. The fourth-order valence-electron chi connectivity index (χ4n) is 3.01. The fraction of sp³-hybridized carbons (Fsp3) is 0.471. The molecule has 0 spiro atoms. The third-order valence-electron chi connectivity index (χ3n) is 4.70. The van der Waals surface area contributed by atoms with Gasteiger partial charge in [0.1, 0.15) is 9.77 Å². The lowest BCUT2D eigenvalue weighted by Gasteiger charge is -2.23. The number of thiophene rings is 2. The number of carbonyl (C=O) groups is 1. The Morgan fingerprint density at radius 1 is 1.35 bits per heavy atom. The molecule has 26 heavy (non-hydrogen) atoms. The minimum Gasteiger partial charge on any atom is -0.336 e. The minimum atomic E-state index is -3.72. The number of rotatable bonds is 7. The highest BCUT2D eigenvalue weighted by Gasteiger charge is 2.32. The van der Waals surface area contributed by atoms with Crippen molar-refractivity contribution in [3.05, 3.63) is 38.7 Å². The van der Waals surface area contributed by atoms with E-state index in [0.717, 1.165) is 17.8 Å². The van der Waals surface area contributed by atoms with Crippen LogP contribution in [0.1, 0.15) is 27.9 Å². The second-order valence-electron chi connectivity index (χ2n) is 6.28. The molecule has 6 nitrogen and oxygen atoms in total. The van der Waals surface area contributed by atoms with Crippen molar-refractivity contribution in [3.8, 4) is 0 Å². The molecule has 3 heterocycles. The number of amides is 1. The topological polar surface area (TPSA) is 69.7 Å². The summed E-state index contributed by atoms with van der Waals surface area (Å²) in [6, 6.07) is 5.60. The first-order valence-corrected chi connectivity index (χ1v) is 11.8. The molecule has 1 fully saturated rings. The Labute approximate surface area is 162 Å². The van der Waals surface area contributed by atoms with Crippen molar-refractivity contribution in [1.29, 1.82) is 0 Å². The van der Waals surface area contributed by atoms with Gasteiger partial charge in [0.25, 0.3) is 5.91 Å². The summed E-state index contributed by atoms with van der Waals surface area (Å²) in [5.74, 6) is -0.191. The molecular formula is C17H23N3O3S3. The van der Waals surface area contributed by atoms with E-state index < -0.39 is 10.0 Å². The van der Waals surface area contributed by atoms with E-state index in [-0.39, 0.29) is 17.3 Å². The molecule has 1 amide bonds. The second kappa shape index (κ2) is 8.18. The summed E-state index contributed by atoms with van der Waals surface area (Å²) in [6.07, 6.45) is 0.917. The molecule has 0 radical (unpaired) electrons. The van der Waals surface area contributed by atoms with Crippen molar-refractivity contribution in [2.45, 2.75) is 30.8 Å². The number of likely N-dealkylation sites (N-methyl/N-ethyl adjacent to an activating group) is 1. The van der Waals surface area contributed by atoms with E-state index in [1.165, 1.54) is 28.7 Å². The number of hydrogen-bond donors (Lipinski definition) is 1. The summed E-state index contributed by atoms with van der Waals surface area (Å²) in [7, 11) is -1.67. The quantitative estimate of drug-likeness (QED) is 0.757. The molecule has 142 valence electrons.